The van der Waals surface area contributed by atoms with Crippen molar-refractivity contribution in [1.82, 2.24) is 20.5 Å². The van der Waals surface area contributed by atoms with E-state index in [1.54, 1.807) is 6.33 Å². The average molecular weight is 278 g/mol. The third-order valence-electron chi connectivity index (χ3n) is 4.86. The van der Waals surface area contributed by atoms with E-state index < -0.39 is 0 Å². The van der Waals surface area contributed by atoms with Crippen LogP contribution in [0.5, 0.6) is 0 Å². The highest BCUT2D eigenvalue weighted by molar-refractivity contribution is 5.00. The Labute approximate surface area is 120 Å². The molecule has 1 spiro atoms. The van der Waals surface area contributed by atoms with E-state index in [1.165, 1.54) is 25.7 Å². The number of hydrogen-bond acceptors (Lipinski definition) is 4. The number of nitrogens with one attached hydrogen (secondary N) is 2. The van der Waals surface area contributed by atoms with Gasteiger partial charge in [0, 0.05) is 6.61 Å². The number of aromatic nitrogens is 3. The number of hydrogen-bond donors (Lipinski definition) is 2. The predicted octanol–water partition coefficient (Wildman–Crippen LogP) is 2.58. The molecule has 0 amide bonds. The van der Waals surface area contributed by atoms with Gasteiger partial charge in [-0.25, -0.2) is 4.98 Å². The van der Waals surface area contributed by atoms with Crippen molar-refractivity contribution in [3.63, 3.8) is 0 Å². The molecule has 2 N–H and O–H groups in total. The normalized spacial score (nSPS) is 26.9. The number of nitrogens with zero attached hydrogens (tertiary/aromatic N) is 2. The van der Waals surface area contributed by atoms with E-state index in [1.807, 2.05) is 0 Å². The molecule has 3 rings (SSSR count). The van der Waals surface area contributed by atoms with Crippen LogP contribution in [0.1, 0.15) is 63.7 Å². The Bertz CT molecular complexity index is 400. The van der Waals surface area contributed by atoms with Gasteiger partial charge in [-0.05, 0) is 44.6 Å². The molecule has 20 heavy (non-hydrogen) atoms. The minimum Gasteiger partial charge on any atom is -0.375 e. The fourth-order valence-electron chi connectivity index (χ4n) is 3.87. The van der Waals surface area contributed by atoms with E-state index in [-0.39, 0.29) is 5.60 Å². The lowest BCUT2D eigenvalue weighted by molar-refractivity contribution is -0.0986. The summed E-state index contributed by atoms with van der Waals surface area (Å²) in [5.41, 5.74) is 0.162. The zero-order chi connectivity index (χ0) is 13.8. The lowest BCUT2D eigenvalue weighted by Crippen LogP contribution is -2.42. The van der Waals surface area contributed by atoms with Gasteiger partial charge in [0.05, 0.1) is 11.6 Å². The van der Waals surface area contributed by atoms with Gasteiger partial charge in [-0.15, -0.1) is 0 Å². The molecular weight excluding hydrogens is 252 g/mol. The highest BCUT2D eigenvalue weighted by Gasteiger charge is 2.42. The van der Waals surface area contributed by atoms with Crippen LogP contribution >= 0.6 is 0 Å². The molecule has 1 aliphatic heterocycles. The summed E-state index contributed by atoms with van der Waals surface area (Å²) in [6.45, 7) is 4.12. The van der Waals surface area contributed by atoms with Gasteiger partial charge in [0.15, 0.2) is 0 Å². The predicted molar refractivity (Wildman–Crippen MR) is 77.3 cm³/mol. The van der Waals surface area contributed by atoms with Crippen molar-refractivity contribution in [2.24, 2.45) is 5.92 Å². The Morgan fingerprint density at radius 1 is 1.50 bits per heavy atom. The summed E-state index contributed by atoms with van der Waals surface area (Å²) in [6.07, 6.45) is 10.1. The van der Waals surface area contributed by atoms with Crippen LogP contribution in [0.2, 0.25) is 0 Å². The van der Waals surface area contributed by atoms with Gasteiger partial charge < -0.3 is 10.1 Å². The zero-order valence-corrected chi connectivity index (χ0v) is 12.4. The molecule has 5 nitrogen and oxygen atoms in total. The molecule has 0 radical (unpaired) electrons. The van der Waals surface area contributed by atoms with Crippen molar-refractivity contribution in [2.45, 2.75) is 63.5 Å². The molecule has 1 saturated carbocycles. The molecule has 1 aliphatic carbocycles. The third kappa shape index (κ3) is 2.88. The van der Waals surface area contributed by atoms with E-state index >= 15 is 0 Å². The second-order valence-corrected chi connectivity index (χ2v) is 6.29. The summed E-state index contributed by atoms with van der Waals surface area (Å²) in [5.74, 6) is 1.58. The SMILES string of the molecule is CCCNC(c1ncn[nH]1)C1CCOC2(CCCC2)C1. The summed E-state index contributed by atoms with van der Waals surface area (Å²) in [5, 5.41) is 10.7. The Balaban J connectivity index is 1.72. The van der Waals surface area contributed by atoms with Crippen LogP contribution in [-0.4, -0.2) is 33.9 Å². The van der Waals surface area contributed by atoms with Crippen molar-refractivity contribution in [3.8, 4) is 0 Å². The highest BCUT2D eigenvalue weighted by Crippen LogP contribution is 2.44. The Morgan fingerprint density at radius 3 is 3.05 bits per heavy atom. The van der Waals surface area contributed by atoms with Crippen LogP contribution in [0, 0.1) is 5.92 Å². The molecule has 2 aliphatic rings. The van der Waals surface area contributed by atoms with E-state index in [0.717, 1.165) is 38.2 Å². The van der Waals surface area contributed by atoms with Gasteiger partial charge >= 0.3 is 0 Å². The second-order valence-electron chi connectivity index (χ2n) is 6.29. The van der Waals surface area contributed by atoms with Crippen molar-refractivity contribution in [3.05, 3.63) is 12.2 Å². The summed E-state index contributed by atoms with van der Waals surface area (Å²) in [6, 6.07) is 0.291. The molecule has 0 aromatic carbocycles. The van der Waals surface area contributed by atoms with Gasteiger partial charge in [-0.3, -0.25) is 5.10 Å². The summed E-state index contributed by atoms with van der Waals surface area (Å²) < 4.78 is 6.15. The van der Waals surface area contributed by atoms with Gasteiger partial charge in [-0.2, -0.15) is 5.10 Å². The molecule has 2 atom stereocenters. The smallest absolute Gasteiger partial charge is 0.141 e. The molecule has 0 bridgehead atoms. The largest absolute Gasteiger partial charge is 0.375 e. The number of aromatic amines is 1. The van der Waals surface area contributed by atoms with Crippen molar-refractivity contribution in [1.29, 1.82) is 0 Å². The van der Waals surface area contributed by atoms with Crippen LogP contribution in [-0.2, 0) is 4.74 Å². The van der Waals surface area contributed by atoms with E-state index in [0.29, 0.717) is 12.0 Å². The maximum atomic E-state index is 6.15. The van der Waals surface area contributed by atoms with Crippen LogP contribution in [0.4, 0.5) is 0 Å². The first kappa shape index (κ1) is 14.0. The monoisotopic (exact) mass is 278 g/mol. The van der Waals surface area contributed by atoms with Crippen LogP contribution < -0.4 is 5.32 Å². The number of H-pyrrole nitrogens is 1. The van der Waals surface area contributed by atoms with Crippen LogP contribution in [0.15, 0.2) is 6.33 Å². The van der Waals surface area contributed by atoms with Crippen molar-refractivity contribution >= 4 is 0 Å². The van der Waals surface area contributed by atoms with Crippen molar-refractivity contribution < 1.29 is 4.74 Å². The Kier molecular flexibility index (Phi) is 4.36. The maximum Gasteiger partial charge on any atom is 0.141 e. The lowest BCUT2D eigenvalue weighted by Gasteiger charge is -2.41. The highest BCUT2D eigenvalue weighted by atomic mass is 16.5. The topological polar surface area (TPSA) is 62.8 Å². The molecule has 1 saturated heterocycles. The van der Waals surface area contributed by atoms with E-state index in [2.05, 4.69) is 27.4 Å². The maximum absolute atomic E-state index is 6.15. The molecule has 2 unspecified atom stereocenters. The molecule has 1 aromatic heterocycles. The quantitative estimate of drug-likeness (QED) is 0.869. The standard InChI is InChI=1S/C15H26N4O/c1-2-8-16-13(14-17-11-18-19-14)12-5-9-20-15(10-12)6-3-4-7-15/h11-13,16H,2-10H2,1H3,(H,17,18,19). The Hall–Kier alpha value is -0.940. The van der Waals surface area contributed by atoms with E-state index in [9.17, 15) is 0 Å². The second kappa shape index (κ2) is 6.22. The Morgan fingerprint density at radius 2 is 2.35 bits per heavy atom. The zero-order valence-electron chi connectivity index (χ0n) is 12.4. The van der Waals surface area contributed by atoms with Gasteiger partial charge in [-0.1, -0.05) is 19.8 Å². The fourth-order valence-corrected chi connectivity index (χ4v) is 3.87. The van der Waals surface area contributed by atoms with Crippen LogP contribution in [0.3, 0.4) is 0 Å². The fraction of sp³-hybridized carbons (Fsp3) is 0.867. The first-order valence-corrected chi connectivity index (χ1v) is 8.05. The molecule has 1 aromatic rings. The van der Waals surface area contributed by atoms with Gasteiger partial charge in [0.25, 0.3) is 0 Å². The first-order chi connectivity index (χ1) is 9.83. The van der Waals surface area contributed by atoms with Gasteiger partial charge in [0.2, 0.25) is 0 Å². The number of rotatable bonds is 5. The number of ether oxygens (including phenoxy) is 1. The molecule has 112 valence electrons. The van der Waals surface area contributed by atoms with Crippen LogP contribution in [0.25, 0.3) is 0 Å². The van der Waals surface area contributed by atoms with Gasteiger partial charge in [0.1, 0.15) is 12.2 Å². The van der Waals surface area contributed by atoms with E-state index in [4.69, 9.17) is 4.74 Å². The molecule has 2 heterocycles. The lowest BCUT2D eigenvalue weighted by atomic mass is 9.80. The summed E-state index contributed by atoms with van der Waals surface area (Å²) in [7, 11) is 0. The average Bonchev–Trinajstić information content (AvgIpc) is 3.12. The first-order valence-electron chi connectivity index (χ1n) is 8.05. The van der Waals surface area contributed by atoms with Crippen molar-refractivity contribution in [2.75, 3.05) is 13.2 Å². The minimum absolute atomic E-state index is 0.162. The summed E-state index contributed by atoms with van der Waals surface area (Å²) in [4.78, 5) is 4.39. The minimum atomic E-state index is 0.162. The molecule has 2 fully saturated rings. The summed E-state index contributed by atoms with van der Waals surface area (Å²) >= 11 is 0. The third-order valence-corrected chi connectivity index (χ3v) is 4.86. The molecular formula is C15H26N4O. The molecule has 5 heteroatoms.